The van der Waals surface area contributed by atoms with Crippen molar-refractivity contribution in [3.05, 3.63) is 11.6 Å². The van der Waals surface area contributed by atoms with E-state index in [0.717, 1.165) is 25.7 Å². The summed E-state index contributed by atoms with van der Waals surface area (Å²) in [7, 11) is 0. The molecule has 4 aliphatic carbocycles. The number of aliphatic carboxylic acids is 1. The Labute approximate surface area is 280 Å². The first-order valence-corrected chi connectivity index (χ1v) is 17.7. The number of esters is 2. The fourth-order valence-electron chi connectivity index (χ4n) is 11.7. The molecule has 0 spiro atoms. The molecule has 12 atom stereocenters. The van der Waals surface area contributed by atoms with Gasteiger partial charge in [0.2, 0.25) is 5.91 Å². The average Bonchev–Trinajstić information content (AvgIpc) is 2.97. The summed E-state index contributed by atoms with van der Waals surface area (Å²) in [4.78, 5) is 50.5. The highest BCUT2D eigenvalue weighted by Gasteiger charge is 2.72. The molecule has 3 saturated carbocycles. The van der Waals surface area contributed by atoms with Gasteiger partial charge in [0.1, 0.15) is 18.2 Å². The summed E-state index contributed by atoms with van der Waals surface area (Å²) >= 11 is 0. The van der Waals surface area contributed by atoms with Crippen molar-refractivity contribution in [2.75, 3.05) is 13.2 Å². The van der Waals surface area contributed by atoms with Gasteiger partial charge < -0.3 is 30.8 Å². The lowest BCUT2D eigenvalue weighted by Gasteiger charge is -2.71. The van der Waals surface area contributed by atoms with Gasteiger partial charge in [-0.1, -0.05) is 60.1 Å². The molecule has 4 fully saturated rings. The molecule has 1 aliphatic heterocycles. The van der Waals surface area contributed by atoms with E-state index in [0.29, 0.717) is 32.0 Å². The van der Waals surface area contributed by atoms with Crippen LogP contribution >= 0.6 is 0 Å². The van der Waals surface area contributed by atoms with Gasteiger partial charge in [-0.2, -0.15) is 0 Å². The molecule has 2 unspecified atom stereocenters. The number of carboxylic acid groups (broad SMARTS) is 1. The van der Waals surface area contributed by atoms with Gasteiger partial charge in [0, 0.05) is 24.2 Å². The Morgan fingerprint density at radius 2 is 1.70 bits per heavy atom. The number of carbonyl (C=O) groups excluding carboxylic acids is 3. The molecule has 1 heterocycles. The summed E-state index contributed by atoms with van der Waals surface area (Å²) in [6.45, 7) is 17.7. The largest absolute Gasteiger partial charge is 0.481 e. The van der Waals surface area contributed by atoms with E-state index in [-0.39, 0.29) is 41.4 Å². The number of nitrogens with two attached hydrogens (primary N) is 2. The van der Waals surface area contributed by atoms with E-state index < -0.39 is 64.2 Å². The minimum absolute atomic E-state index is 0.0358. The Balaban J connectivity index is 1.55. The molecule has 0 radical (unpaired) electrons. The molecule has 0 aromatic carbocycles. The number of fused-ring (bicyclic) bond motifs is 3. The third kappa shape index (κ3) is 5.35. The molecule has 10 nitrogen and oxygen atoms in total. The van der Waals surface area contributed by atoms with E-state index in [1.54, 1.807) is 0 Å². The highest BCUT2D eigenvalue weighted by Crippen LogP contribution is 2.75. The van der Waals surface area contributed by atoms with E-state index in [1.807, 2.05) is 0 Å². The second-order valence-electron chi connectivity index (χ2n) is 17.2. The van der Waals surface area contributed by atoms with Crippen LogP contribution in [0.3, 0.4) is 0 Å². The summed E-state index contributed by atoms with van der Waals surface area (Å²) in [5, 5.41) is 10.9. The van der Waals surface area contributed by atoms with Crippen molar-refractivity contribution < 1.29 is 38.5 Å². The monoisotopic (exact) mass is 658 g/mol. The lowest BCUT2D eigenvalue weighted by atomic mass is 9.34. The molecule has 0 aromatic heterocycles. The van der Waals surface area contributed by atoms with E-state index in [9.17, 15) is 24.3 Å². The molecular formula is C37H58N2O8. The van der Waals surface area contributed by atoms with Gasteiger partial charge >= 0.3 is 17.9 Å². The second-order valence-corrected chi connectivity index (χ2v) is 17.2. The number of allylic oxidation sites excluding steroid dienone is 1. The topological polar surface area (TPSA) is 168 Å². The van der Waals surface area contributed by atoms with Gasteiger partial charge in [-0.3, -0.25) is 19.2 Å². The van der Waals surface area contributed by atoms with E-state index >= 15 is 0 Å². The summed E-state index contributed by atoms with van der Waals surface area (Å²) in [6, 6.07) is -1.03. The Kier molecular flexibility index (Phi) is 9.26. The summed E-state index contributed by atoms with van der Waals surface area (Å²) in [5.41, 5.74) is 10.6. The van der Waals surface area contributed by atoms with Gasteiger partial charge in [-0.15, -0.1) is 0 Å². The number of carboxylic acids is 1. The number of hydrogen-bond donors (Lipinski definition) is 3. The van der Waals surface area contributed by atoms with Crippen molar-refractivity contribution in [2.24, 2.45) is 68.1 Å². The number of hydrogen-bond acceptors (Lipinski definition) is 8. The third-order valence-electron chi connectivity index (χ3n) is 14.6. The zero-order chi connectivity index (χ0) is 34.9. The molecular weight excluding hydrogens is 600 g/mol. The van der Waals surface area contributed by atoms with Crippen molar-refractivity contribution in [3.8, 4) is 0 Å². The van der Waals surface area contributed by atoms with Crippen LogP contribution in [0.5, 0.6) is 0 Å². The molecule has 1 saturated heterocycles. The normalized spacial score (nSPS) is 43.7. The molecule has 2 bridgehead atoms. The van der Waals surface area contributed by atoms with Crippen molar-refractivity contribution in [3.63, 3.8) is 0 Å². The minimum atomic E-state index is -1.03. The summed E-state index contributed by atoms with van der Waals surface area (Å²) < 4.78 is 18.6. The Morgan fingerprint density at radius 3 is 2.30 bits per heavy atom. The SMILES string of the molecule is CC(=O)O[C@@H]1C[C@]23COC[C@](C)([C@@H]2CC[C@H]2C3=CC[C@@]3(C)[C@H](C(=O)O)[C@@](C)(C(C)C(C)C)CC[C@]23C)[C@H]1OC(=O)C(N)CCC(N)=O. The lowest BCUT2D eigenvalue weighted by molar-refractivity contribution is -0.263. The van der Waals surface area contributed by atoms with Crippen LogP contribution in [-0.4, -0.2) is 60.4 Å². The van der Waals surface area contributed by atoms with E-state index in [1.165, 1.54) is 12.5 Å². The smallest absolute Gasteiger partial charge is 0.323 e. The first kappa shape index (κ1) is 35.8. The van der Waals surface area contributed by atoms with Crippen LogP contribution < -0.4 is 11.5 Å². The van der Waals surface area contributed by atoms with Crippen LogP contribution in [0.2, 0.25) is 0 Å². The highest BCUT2D eigenvalue weighted by atomic mass is 16.6. The fraction of sp³-hybridized carbons (Fsp3) is 0.838. The number of primary amides is 1. The van der Waals surface area contributed by atoms with Crippen molar-refractivity contribution >= 4 is 23.8 Å². The standard InChI is InChI=1S/C37H58N2O8/c1-20(2)21(3)33(5)15-16-35(7)23-9-11-27-34(6)18-45-19-37(27,24(23)13-14-36(35,8)29(33)31(42)43)17-26(46-22(4)40)30(34)47-32(44)25(38)10-12-28(39)41/h13,20-21,23,25-27,29-30H,9-12,14-19,38H2,1-8H3,(H2,39,41)(H,42,43)/t21?,23-,25?,26+,27-,29+,30-,33+,34+,35+,36-,37+/m0/s1. The highest BCUT2D eigenvalue weighted by molar-refractivity contribution is 5.78. The predicted octanol–water partition coefficient (Wildman–Crippen LogP) is 5.01. The van der Waals surface area contributed by atoms with Gasteiger partial charge in [0.25, 0.3) is 0 Å². The van der Waals surface area contributed by atoms with Gasteiger partial charge in [0.15, 0.2) is 0 Å². The maximum Gasteiger partial charge on any atom is 0.323 e. The van der Waals surface area contributed by atoms with Crippen molar-refractivity contribution in [1.29, 1.82) is 0 Å². The van der Waals surface area contributed by atoms with Gasteiger partial charge in [-0.25, -0.2) is 0 Å². The van der Waals surface area contributed by atoms with E-state index in [4.69, 9.17) is 25.7 Å². The number of rotatable bonds is 9. The molecule has 5 rings (SSSR count). The lowest BCUT2D eigenvalue weighted by Crippen LogP contribution is -2.70. The van der Waals surface area contributed by atoms with Gasteiger partial charge in [-0.05, 0) is 84.9 Å². The predicted molar refractivity (Wildman–Crippen MR) is 175 cm³/mol. The fourth-order valence-corrected chi connectivity index (χ4v) is 11.7. The number of amides is 1. The van der Waals surface area contributed by atoms with Crippen molar-refractivity contribution in [2.45, 2.75) is 125 Å². The Bertz CT molecular complexity index is 1330. The molecule has 0 aromatic rings. The molecule has 10 heteroatoms. The first-order chi connectivity index (χ1) is 21.8. The van der Waals surface area contributed by atoms with Crippen LogP contribution in [-0.2, 0) is 33.4 Å². The van der Waals surface area contributed by atoms with E-state index in [2.05, 4.69) is 54.5 Å². The summed E-state index contributed by atoms with van der Waals surface area (Å²) in [6.07, 6.45) is 5.55. The molecule has 1 amide bonds. The van der Waals surface area contributed by atoms with Crippen LogP contribution in [0, 0.1) is 56.7 Å². The maximum atomic E-state index is 13.3. The van der Waals surface area contributed by atoms with Crippen LogP contribution in [0.1, 0.15) is 107 Å². The van der Waals surface area contributed by atoms with Crippen LogP contribution in [0.25, 0.3) is 0 Å². The third-order valence-corrected chi connectivity index (χ3v) is 14.6. The quantitative estimate of drug-likeness (QED) is 0.228. The van der Waals surface area contributed by atoms with Crippen LogP contribution in [0.15, 0.2) is 11.6 Å². The van der Waals surface area contributed by atoms with Gasteiger partial charge in [0.05, 0.1) is 19.1 Å². The number of carbonyl (C=O) groups is 4. The minimum Gasteiger partial charge on any atom is -0.481 e. The molecule has 5 N–H and O–H groups in total. The molecule has 47 heavy (non-hydrogen) atoms. The maximum absolute atomic E-state index is 13.3. The summed E-state index contributed by atoms with van der Waals surface area (Å²) in [5.74, 6) is -1.96. The zero-order valence-corrected chi connectivity index (χ0v) is 29.7. The van der Waals surface area contributed by atoms with Crippen LogP contribution in [0.4, 0.5) is 0 Å². The number of ether oxygens (including phenoxy) is 3. The van der Waals surface area contributed by atoms with Crippen molar-refractivity contribution in [1.82, 2.24) is 0 Å². The average molecular weight is 659 g/mol. The Hall–Kier alpha value is -2.46. The second kappa shape index (κ2) is 12.1. The molecule has 5 aliphatic rings. The first-order valence-electron chi connectivity index (χ1n) is 17.7. The Morgan fingerprint density at radius 1 is 1.02 bits per heavy atom. The molecule has 264 valence electrons. The zero-order valence-electron chi connectivity index (χ0n) is 29.7.